The van der Waals surface area contributed by atoms with Crippen LogP contribution in [0.2, 0.25) is 0 Å². The van der Waals surface area contributed by atoms with Crippen LogP contribution in [0.25, 0.3) is 0 Å². The highest BCUT2D eigenvalue weighted by Crippen LogP contribution is 2.33. The molecule has 2 nitrogen and oxygen atoms in total. The second-order valence-corrected chi connectivity index (χ2v) is 4.46. The molecule has 0 radical (unpaired) electrons. The average molecular weight is 331 g/mol. The van der Waals surface area contributed by atoms with E-state index in [1.165, 1.54) is 12.1 Å². The number of ether oxygens (including phenoxy) is 1. The predicted molar refractivity (Wildman–Crippen MR) is 65.9 cm³/mol. The van der Waals surface area contributed by atoms with Crippen molar-refractivity contribution in [2.45, 2.75) is 0 Å². The quantitative estimate of drug-likeness (QED) is 0.776. The van der Waals surface area contributed by atoms with E-state index >= 15 is 0 Å². The number of hydrogen-bond acceptors (Lipinski definition) is 2. The third-order valence-electron chi connectivity index (χ3n) is 2.26. The van der Waals surface area contributed by atoms with E-state index in [0.717, 1.165) is 18.2 Å². The Kier molecular flexibility index (Phi) is 3.90. The minimum absolute atomic E-state index is 0.0725. The molecule has 0 aromatic heterocycles. The number of carbonyl (C=O) groups is 1. The van der Waals surface area contributed by atoms with Gasteiger partial charge in [0.15, 0.2) is 17.4 Å². The summed E-state index contributed by atoms with van der Waals surface area (Å²) >= 11 is 3.07. The van der Waals surface area contributed by atoms with Crippen molar-refractivity contribution in [2.75, 3.05) is 0 Å². The predicted octanol–water partition coefficient (Wildman–Crippen LogP) is 4.47. The van der Waals surface area contributed by atoms with Crippen molar-refractivity contribution >= 4 is 22.2 Å². The highest BCUT2D eigenvalue weighted by Gasteiger charge is 2.15. The molecule has 2 rings (SSSR count). The molecular weight excluding hydrogens is 325 g/mol. The monoisotopic (exact) mass is 330 g/mol. The van der Waals surface area contributed by atoms with Crippen LogP contribution in [0, 0.1) is 17.5 Å². The molecule has 0 aliphatic carbocycles. The van der Waals surface area contributed by atoms with Gasteiger partial charge in [-0.25, -0.2) is 13.2 Å². The minimum atomic E-state index is -1.04. The maximum Gasteiger partial charge on any atom is 0.198 e. The van der Waals surface area contributed by atoms with E-state index < -0.39 is 23.2 Å². The van der Waals surface area contributed by atoms with Gasteiger partial charge in [-0.3, -0.25) is 4.79 Å². The first-order valence-corrected chi connectivity index (χ1v) is 5.87. The van der Waals surface area contributed by atoms with Crippen LogP contribution in [0.5, 0.6) is 11.5 Å². The van der Waals surface area contributed by atoms with E-state index in [-0.39, 0.29) is 11.3 Å². The molecule has 0 heterocycles. The molecule has 0 atom stereocenters. The molecule has 0 aliphatic heterocycles. The number of halogens is 4. The van der Waals surface area contributed by atoms with Crippen LogP contribution in [0.4, 0.5) is 13.2 Å². The summed E-state index contributed by atoms with van der Waals surface area (Å²) in [5.74, 6) is -3.46. The molecule has 98 valence electrons. The van der Waals surface area contributed by atoms with Gasteiger partial charge in [0.1, 0.15) is 17.9 Å². The number of benzene rings is 2. The van der Waals surface area contributed by atoms with Crippen LogP contribution in [0.15, 0.2) is 34.8 Å². The SMILES string of the molecule is O=Cc1cc(F)c(Oc2cc(F)ccc2Br)c(F)c1. The highest BCUT2D eigenvalue weighted by molar-refractivity contribution is 9.10. The third-order valence-corrected chi connectivity index (χ3v) is 2.92. The maximum atomic E-state index is 13.6. The average Bonchev–Trinajstić information content (AvgIpc) is 2.37. The summed E-state index contributed by atoms with van der Waals surface area (Å²) in [6.07, 6.45) is 0.314. The summed E-state index contributed by atoms with van der Waals surface area (Å²) in [6.45, 7) is 0. The maximum absolute atomic E-state index is 13.6. The zero-order chi connectivity index (χ0) is 14.0. The molecule has 6 heteroatoms. The van der Waals surface area contributed by atoms with Crippen molar-refractivity contribution in [2.24, 2.45) is 0 Å². The van der Waals surface area contributed by atoms with Gasteiger partial charge in [-0.15, -0.1) is 0 Å². The highest BCUT2D eigenvalue weighted by atomic mass is 79.9. The van der Waals surface area contributed by atoms with Gasteiger partial charge in [-0.1, -0.05) is 0 Å². The van der Waals surface area contributed by atoms with Gasteiger partial charge < -0.3 is 4.74 Å². The molecule has 0 fully saturated rings. The van der Waals surface area contributed by atoms with E-state index in [2.05, 4.69) is 15.9 Å². The second-order valence-electron chi connectivity index (χ2n) is 3.61. The van der Waals surface area contributed by atoms with Crippen LogP contribution in [-0.4, -0.2) is 6.29 Å². The first-order chi connectivity index (χ1) is 9.01. The van der Waals surface area contributed by atoms with Crippen molar-refractivity contribution in [1.82, 2.24) is 0 Å². The Balaban J connectivity index is 2.43. The molecule has 0 spiro atoms. The van der Waals surface area contributed by atoms with Crippen LogP contribution < -0.4 is 4.74 Å². The Bertz CT molecular complexity index is 621. The van der Waals surface area contributed by atoms with Crippen LogP contribution in [0.1, 0.15) is 10.4 Å². The molecule has 2 aromatic carbocycles. The second kappa shape index (κ2) is 5.44. The van der Waals surface area contributed by atoms with Gasteiger partial charge in [0.25, 0.3) is 0 Å². The fraction of sp³-hybridized carbons (Fsp3) is 0. The number of rotatable bonds is 3. The Morgan fingerprint density at radius 3 is 2.26 bits per heavy atom. The van der Waals surface area contributed by atoms with Crippen molar-refractivity contribution in [3.63, 3.8) is 0 Å². The third kappa shape index (κ3) is 2.96. The molecule has 0 bridgehead atoms. The van der Waals surface area contributed by atoms with E-state index in [1.807, 2.05) is 0 Å². The van der Waals surface area contributed by atoms with Crippen LogP contribution in [-0.2, 0) is 0 Å². The number of aldehydes is 1. The lowest BCUT2D eigenvalue weighted by molar-refractivity contribution is 0.112. The summed E-state index contributed by atoms with van der Waals surface area (Å²) in [7, 11) is 0. The minimum Gasteiger partial charge on any atom is -0.450 e. The van der Waals surface area contributed by atoms with Crippen molar-refractivity contribution in [1.29, 1.82) is 0 Å². The van der Waals surface area contributed by atoms with E-state index in [0.29, 0.717) is 10.8 Å². The van der Waals surface area contributed by atoms with Gasteiger partial charge in [0.2, 0.25) is 0 Å². The summed E-state index contributed by atoms with van der Waals surface area (Å²) < 4.78 is 45.5. The first-order valence-electron chi connectivity index (χ1n) is 5.08. The Hall–Kier alpha value is -1.82. The lowest BCUT2D eigenvalue weighted by Crippen LogP contribution is -1.96. The lowest BCUT2D eigenvalue weighted by atomic mass is 10.2. The van der Waals surface area contributed by atoms with Crippen LogP contribution >= 0.6 is 15.9 Å². The standard InChI is InChI=1S/C13H6BrF3O2/c14-9-2-1-8(15)5-12(9)19-13-10(16)3-7(6-18)4-11(13)17/h1-6H. The molecule has 2 aromatic rings. The molecule has 0 N–H and O–H groups in total. The van der Waals surface area contributed by atoms with E-state index in [1.54, 1.807) is 0 Å². The molecule has 0 saturated carbocycles. The molecule has 0 saturated heterocycles. The van der Waals surface area contributed by atoms with Crippen molar-refractivity contribution < 1.29 is 22.7 Å². The smallest absolute Gasteiger partial charge is 0.198 e. The Morgan fingerprint density at radius 2 is 1.68 bits per heavy atom. The summed E-state index contributed by atoms with van der Waals surface area (Å²) in [4.78, 5) is 10.4. The van der Waals surface area contributed by atoms with Crippen molar-refractivity contribution in [3.05, 3.63) is 57.8 Å². The Labute approximate surface area is 114 Å². The first kappa shape index (κ1) is 13.6. The van der Waals surface area contributed by atoms with Crippen LogP contribution in [0.3, 0.4) is 0 Å². The molecule has 19 heavy (non-hydrogen) atoms. The molecule has 0 unspecified atom stereocenters. The number of hydrogen-bond donors (Lipinski definition) is 0. The summed E-state index contributed by atoms with van der Waals surface area (Å²) in [6, 6.07) is 5.16. The lowest BCUT2D eigenvalue weighted by Gasteiger charge is -2.10. The Morgan fingerprint density at radius 1 is 1.05 bits per heavy atom. The van der Waals surface area contributed by atoms with Gasteiger partial charge in [0.05, 0.1) is 4.47 Å². The van der Waals surface area contributed by atoms with Crippen molar-refractivity contribution in [3.8, 4) is 11.5 Å². The largest absolute Gasteiger partial charge is 0.450 e. The summed E-state index contributed by atoms with van der Waals surface area (Å²) in [5.41, 5.74) is -0.152. The normalized spacial score (nSPS) is 10.3. The fourth-order valence-corrected chi connectivity index (χ4v) is 1.74. The van der Waals surface area contributed by atoms with Gasteiger partial charge in [-0.2, -0.15) is 0 Å². The molecule has 0 amide bonds. The summed E-state index contributed by atoms with van der Waals surface area (Å²) in [5, 5.41) is 0. The van der Waals surface area contributed by atoms with Gasteiger partial charge >= 0.3 is 0 Å². The fourth-order valence-electron chi connectivity index (χ4n) is 1.41. The van der Waals surface area contributed by atoms with Gasteiger partial charge in [0, 0.05) is 11.6 Å². The van der Waals surface area contributed by atoms with E-state index in [4.69, 9.17) is 4.74 Å². The zero-order valence-electron chi connectivity index (χ0n) is 9.29. The number of carbonyl (C=O) groups excluding carboxylic acids is 1. The molecule has 0 aliphatic rings. The van der Waals surface area contributed by atoms with E-state index in [9.17, 15) is 18.0 Å². The topological polar surface area (TPSA) is 26.3 Å². The zero-order valence-corrected chi connectivity index (χ0v) is 10.9. The molecular formula is C13H6BrF3O2. The van der Waals surface area contributed by atoms with Gasteiger partial charge in [-0.05, 0) is 40.2 Å².